The van der Waals surface area contributed by atoms with Gasteiger partial charge in [-0.3, -0.25) is 4.79 Å². The number of carboxylic acids is 1. The molecule has 0 aromatic carbocycles. The second-order valence-electron chi connectivity index (χ2n) is 4.56. The zero-order valence-corrected chi connectivity index (χ0v) is 10.2. The lowest BCUT2D eigenvalue weighted by molar-refractivity contribution is -0.140. The van der Waals surface area contributed by atoms with Crippen LogP contribution in [0.1, 0.15) is 20.8 Å². The van der Waals surface area contributed by atoms with Crippen molar-refractivity contribution in [1.29, 1.82) is 0 Å². The van der Waals surface area contributed by atoms with Gasteiger partial charge in [0, 0.05) is 0 Å². The maximum Gasteiger partial charge on any atom is 0.422 e. The number of nitrogens with zero attached hydrogens (tertiary/aromatic N) is 1. The Balaban J connectivity index is 2.65. The number of hydrogen-bond donors (Lipinski definition) is 1. The molecule has 0 aromatic rings. The van der Waals surface area contributed by atoms with Gasteiger partial charge in [0.2, 0.25) is 0 Å². The molecule has 1 N–H and O–H groups in total. The van der Waals surface area contributed by atoms with E-state index in [1.165, 1.54) is 0 Å². The molecule has 0 bridgehead atoms. The predicted molar refractivity (Wildman–Crippen MR) is 57.1 cm³/mol. The van der Waals surface area contributed by atoms with Gasteiger partial charge in [0.1, 0.15) is 16.6 Å². The lowest BCUT2D eigenvalue weighted by atomic mass is 10.2. The monoisotopic (exact) mass is 249 g/mol. The SMILES string of the molecule is CC(C)(C)OC(=O)N1C[C@H](C(=O)O)CS1=O. The molecule has 7 heteroatoms. The molecule has 0 saturated carbocycles. The molecule has 1 aliphatic rings. The molecule has 16 heavy (non-hydrogen) atoms. The highest BCUT2D eigenvalue weighted by atomic mass is 32.2. The predicted octanol–water partition coefficient (Wildman–Crippen LogP) is 0.602. The Labute approximate surface area is 96.2 Å². The second-order valence-corrected chi connectivity index (χ2v) is 5.98. The largest absolute Gasteiger partial charge is 0.481 e. The van der Waals surface area contributed by atoms with E-state index in [0.717, 1.165) is 4.31 Å². The Morgan fingerprint density at radius 3 is 2.38 bits per heavy atom. The summed E-state index contributed by atoms with van der Waals surface area (Å²) in [6.45, 7) is 5.02. The summed E-state index contributed by atoms with van der Waals surface area (Å²) in [6, 6.07) is 0. The molecular formula is C9H15NO5S. The smallest absolute Gasteiger partial charge is 0.422 e. The Kier molecular flexibility index (Phi) is 3.57. The number of carbonyl (C=O) groups is 2. The molecule has 0 aliphatic carbocycles. The Bertz CT molecular complexity index is 335. The second kappa shape index (κ2) is 4.40. The lowest BCUT2D eigenvalue weighted by Gasteiger charge is -2.23. The number of carbonyl (C=O) groups excluding carboxylic acids is 1. The summed E-state index contributed by atoms with van der Waals surface area (Å²) in [5.41, 5.74) is -0.678. The molecule has 1 saturated heterocycles. The van der Waals surface area contributed by atoms with Gasteiger partial charge < -0.3 is 9.84 Å². The summed E-state index contributed by atoms with van der Waals surface area (Å²) in [6.07, 6.45) is -0.727. The molecule has 6 nitrogen and oxygen atoms in total. The van der Waals surface area contributed by atoms with Gasteiger partial charge in [-0.1, -0.05) is 0 Å². The normalized spacial score (nSPS) is 25.6. The van der Waals surface area contributed by atoms with Gasteiger partial charge >= 0.3 is 12.1 Å². The van der Waals surface area contributed by atoms with E-state index in [9.17, 15) is 13.8 Å². The molecule has 2 atom stereocenters. The van der Waals surface area contributed by atoms with E-state index in [-0.39, 0.29) is 12.3 Å². The van der Waals surface area contributed by atoms with E-state index in [1.54, 1.807) is 20.8 Å². The number of aliphatic carboxylic acids is 1. The molecular weight excluding hydrogens is 234 g/mol. The summed E-state index contributed by atoms with van der Waals surface area (Å²) in [5.74, 6) is -1.85. The summed E-state index contributed by atoms with van der Waals surface area (Å²) < 4.78 is 17.5. The van der Waals surface area contributed by atoms with Crippen molar-refractivity contribution in [3.05, 3.63) is 0 Å². The quantitative estimate of drug-likeness (QED) is 0.735. The van der Waals surface area contributed by atoms with Crippen LogP contribution in [0.5, 0.6) is 0 Å². The first-order valence-electron chi connectivity index (χ1n) is 4.82. The lowest BCUT2D eigenvalue weighted by Crippen LogP contribution is -2.36. The van der Waals surface area contributed by atoms with Crippen LogP contribution in [0.4, 0.5) is 4.79 Å². The summed E-state index contributed by atoms with van der Waals surface area (Å²) in [5, 5.41) is 8.75. The highest BCUT2D eigenvalue weighted by Gasteiger charge is 2.38. The summed E-state index contributed by atoms with van der Waals surface area (Å²) in [7, 11) is -1.60. The topological polar surface area (TPSA) is 83.9 Å². The van der Waals surface area contributed by atoms with Crippen molar-refractivity contribution in [1.82, 2.24) is 4.31 Å². The number of rotatable bonds is 1. The van der Waals surface area contributed by atoms with Gasteiger partial charge in [-0.15, -0.1) is 0 Å². The van der Waals surface area contributed by atoms with E-state index in [0.29, 0.717) is 0 Å². The van der Waals surface area contributed by atoms with Crippen LogP contribution in [0.15, 0.2) is 0 Å². The van der Waals surface area contributed by atoms with Gasteiger partial charge in [0.05, 0.1) is 18.2 Å². The van der Waals surface area contributed by atoms with Crippen LogP contribution in [0.25, 0.3) is 0 Å². The van der Waals surface area contributed by atoms with Crippen LogP contribution in [0.2, 0.25) is 0 Å². The minimum absolute atomic E-state index is 0.0332. The first kappa shape index (κ1) is 13.0. The third-order valence-corrected chi connectivity index (χ3v) is 3.40. The van der Waals surface area contributed by atoms with Crippen molar-refractivity contribution < 1.29 is 23.6 Å². The minimum atomic E-state index is -1.60. The van der Waals surface area contributed by atoms with Crippen LogP contribution < -0.4 is 0 Å². The molecule has 1 amide bonds. The maximum absolute atomic E-state index is 11.6. The van der Waals surface area contributed by atoms with Crippen LogP contribution in [0, 0.1) is 5.92 Å². The van der Waals surface area contributed by atoms with Crippen LogP contribution in [0.3, 0.4) is 0 Å². The first-order chi connectivity index (χ1) is 7.20. The molecule has 0 aromatic heterocycles. The molecule has 1 heterocycles. The fourth-order valence-electron chi connectivity index (χ4n) is 1.22. The Morgan fingerprint density at radius 2 is 2.00 bits per heavy atom. The van der Waals surface area contributed by atoms with Crippen molar-refractivity contribution >= 4 is 23.0 Å². The zero-order valence-electron chi connectivity index (χ0n) is 9.43. The standard InChI is InChI=1S/C9H15NO5S/c1-9(2,3)15-8(13)10-4-6(7(11)12)5-16(10)14/h6H,4-5H2,1-3H3,(H,11,12)/t6-,16?/m0/s1. The Morgan fingerprint density at radius 1 is 1.44 bits per heavy atom. The minimum Gasteiger partial charge on any atom is -0.481 e. The van der Waals surface area contributed by atoms with Crippen LogP contribution >= 0.6 is 0 Å². The van der Waals surface area contributed by atoms with E-state index < -0.39 is 34.6 Å². The number of amides is 1. The van der Waals surface area contributed by atoms with Crippen molar-refractivity contribution in [2.45, 2.75) is 26.4 Å². The van der Waals surface area contributed by atoms with Gasteiger partial charge in [0.15, 0.2) is 0 Å². The van der Waals surface area contributed by atoms with Crippen LogP contribution in [-0.4, -0.2) is 43.6 Å². The Hall–Kier alpha value is -1.11. The third-order valence-electron chi connectivity index (χ3n) is 1.92. The maximum atomic E-state index is 11.6. The fraction of sp³-hybridized carbons (Fsp3) is 0.778. The van der Waals surface area contributed by atoms with E-state index in [4.69, 9.17) is 9.84 Å². The van der Waals surface area contributed by atoms with Crippen molar-refractivity contribution in [3.8, 4) is 0 Å². The molecule has 1 fully saturated rings. The van der Waals surface area contributed by atoms with Crippen LogP contribution in [-0.2, 0) is 20.5 Å². The zero-order chi connectivity index (χ0) is 12.5. The highest BCUT2D eigenvalue weighted by molar-refractivity contribution is 7.83. The van der Waals surface area contributed by atoms with Gasteiger partial charge in [-0.2, -0.15) is 0 Å². The molecule has 92 valence electrons. The van der Waals surface area contributed by atoms with E-state index >= 15 is 0 Å². The highest BCUT2D eigenvalue weighted by Crippen LogP contribution is 2.19. The first-order valence-corrected chi connectivity index (χ1v) is 6.10. The van der Waals surface area contributed by atoms with E-state index in [1.807, 2.05) is 0 Å². The molecule has 1 unspecified atom stereocenters. The fourth-order valence-corrected chi connectivity index (χ4v) is 2.54. The van der Waals surface area contributed by atoms with Gasteiger partial charge in [-0.25, -0.2) is 13.3 Å². The average molecular weight is 249 g/mol. The average Bonchev–Trinajstić information content (AvgIpc) is 2.44. The van der Waals surface area contributed by atoms with Gasteiger partial charge in [0.25, 0.3) is 0 Å². The third kappa shape index (κ3) is 3.19. The number of carboxylic acid groups (broad SMARTS) is 1. The molecule has 1 aliphatic heterocycles. The van der Waals surface area contributed by atoms with E-state index in [2.05, 4.69) is 0 Å². The number of ether oxygens (including phenoxy) is 1. The summed E-state index contributed by atoms with van der Waals surface area (Å²) >= 11 is 0. The van der Waals surface area contributed by atoms with Crippen molar-refractivity contribution in [3.63, 3.8) is 0 Å². The van der Waals surface area contributed by atoms with Gasteiger partial charge in [-0.05, 0) is 20.8 Å². The van der Waals surface area contributed by atoms with Crippen molar-refractivity contribution in [2.24, 2.45) is 5.92 Å². The molecule has 0 radical (unpaired) electrons. The molecule has 1 rings (SSSR count). The van der Waals surface area contributed by atoms with Crippen molar-refractivity contribution in [2.75, 3.05) is 12.3 Å². The number of hydrogen-bond acceptors (Lipinski definition) is 4. The molecule has 0 spiro atoms. The summed E-state index contributed by atoms with van der Waals surface area (Å²) in [4.78, 5) is 22.2.